The first-order chi connectivity index (χ1) is 8.47. The van der Waals surface area contributed by atoms with Crippen molar-refractivity contribution < 1.29 is 19.5 Å². The van der Waals surface area contributed by atoms with Crippen molar-refractivity contribution in [2.75, 3.05) is 13.1 Å². The molecule has 2 amide bonds. The van der Waals surface area contributed by atoms with Crippen LogP contribution in [0.3, 0.4) is 0 Å². The van der Waals surface area contributed by atoms with Gasteiger partial charge in [-0.15, -0.1) is 0 Å². The third-order valence-corrected chi connectivity index (χ3v) is 3.93. The van der Waals surface area contributed by atoms with Gasteiger partial charge >= 0.3 is 5.97 Å². The van der Waals surface area contributed by atoms with Gasteiger partial charge in [0.25, 0.3) is 0 Å². The Morgan fingerprint density at radius 3 is 2.61 bits per heavy atom. The summed E-state index contributed by atoms with van der Waals surface area (Å²) in [6, 6.07) is -1.23. The second-order valence-electron chi connectivity index (χ2n) is 4.98. The van der Waals surface area contributed by atoms with Crippen LogP contribution in [0, 0.1) is 5.92 Å². The number of nitrogens with zero attached hydrogens (tertiary/aromatic N) is 2. The number of carbonyl (C=O) groups is 3. The van der Waals surface area contributed by atoms with Gasteiger partial charge in [0.05, 0.1) is 12.5 Å². The van der Waals surface area contributed by atoms with Gasteiger partial charge in [-0.05, 0) is 19.3 Å². The fraction of sp³-hybridized carbons (Fsp3) is 0.750. The normalized spacial score (nSPS) is 33.4. The van der Waals surface area contributed by atoms with E-state index in [2.05, 4.69) is 0 Å². The standard InChI is InChI=1S/C12H18N2O4/c1-3-13-9(15)6-8(11(13)16)14-5-4-7(2)10(14)12(17)18/h7-8,10H,3-6H2,1-2H3,(H,17,18). The number of likely N-dealkylation sites (tertiary alicyclic amines) is 2. The first-order valence-corrected chi connectivity index (χ1v) is 6.30. The van der Waals surface area contributed by atoms with Crippen LogP contribution in [0.15, 0.2) is 0 Å². The molecule has 1 N–H and O–H groups in total. The van der Waals surface area contributed by atoms with Crippen molar-refractivity contribution >= 4 is 17.8 Å². The molecule has 0 saturated carbocycles. The van der Waals surface area contributed by atoms with Crippen LogP contribution < -0.4 is 0 Å². The maximum Gasteiger partial charge on any atom is 0.321 e. The van der Waals surface area contributed by atoms with Gasteiger partial charge in [-0.25, -0.2) is 0 Å². The number of likely N-dealkylation sites (N-methyl/N-ethyl adjacent to an activating group) is 1. The van der Waals surface area contributed by atoms with Gasteiger partial charge in [-0.2, -0.15) is 0 Å². The minimum atomic E-state index is -0.907. The monoisotopic (exact) mass is 254 g/mol. The number of carboxylic acid groups (broad SMARTS) is 1. The smallest absolute Gasteiger partial charge is 0.321 e. The molecule has 2 rings (SSSR count). The van der Waals surface area contributed by atoms with Crippen molar-refractivity contribution in [3.05, 3.63) is 0 Å². The highest BCUT2D eigenvalue weighted by molar-refractivity contribution is 6.05. The Morgan fingerprint density at radius 1 is 1.44 bits per heavy atom. The summed E-state index contributed by atoms with van der Waals surface area (Å²) in [5.41, 5.74) is 0. The molecule has 0 aromatic carbocycles. The molecule has 2 aliphatic heterocycles. The summed E-state index contributed by atoms with van der Waals surface area (Å²) in [5, 5.41) is 9.24. The van der Waals surface area contributed by atoms with E-state index in [1.807, 2.05) is 6.92 Å². The summed E-state index contributed by atoms with van der Waals surface area (Å²) in [7, 11) is 0. The lowest BCUT2D eigenvalue weighted by molar-refractivity contribution is -0.145. The van der Waals surface area contributed by atoms with E-state index in [1.54, 1.807) is 11.8 Å². The van der Waals surface area contributed by atoms with Gasteiger partial charge in [0.1, 0.15) is 6.04 Å². The number of carboxylic acids is 1. The Kier molecular flexibility index (Phi) is 3.38. The minimum absolute atomic E-state index is 0.0149. The number of amides is 2. The minimum Gasteiger partial charge on any atom is -0.480 e. The molecule has 0 bridgehead atoms. The van der Waals surface area contributed by atoms with Crippen molar-refractivity contribution in [1.82, 2.24) is 9.80 Å². The highest BCUT2D eigenvalue weighted by Crippen LogP contribution is 2.30. The number of aliphatic carboxylic acids is 1. The van der Waals surface area contributed by atoms with Gasteiger partial charge in [-0.3, -0.25) is 24.2 Å². The Labute approximate surface area is 106 Å². The molecular weight excluding hydrogens is 236 g/mol. The van der Waals surface area contributed by atoms with Crippen molar-refractivity contribution in [1.29, 1.82) is 0 Å². The maximum atomic E-state index is 12.1. The second kappa shape index (κ2) is 4.68. The zero-order valence-electron chi connectivity index (χ0n) is 10.6. The fourth-order valence-corrected chi connectivity index (χ4v) is 2.97. The van der Waals surface area contributed by atoms with Crippen molar-refractivity contribution in [3.8, 4) is 0 Å². The van der Waals surface area contributed by atoms with Crippen molar-refractivity contribution in [2.24, 2.45) is 5.92 Å². The predicted molar refractivity (Wildman–Crippen MR) is 62.7 cm³/mol. The molecule has 2 fully saturated rings. The first kappa shape index (κ1) is 13.0. The van der Waals surface area contributed by atoms with Crippen molar-refractivity contribution in [2.45, 2.75) is 38.8 Å². The highest BCUT2D eigenvalue weighted by Gasteiger charge is 2.48. The third-order valence-electron chi connectivity index (χ3n) is 3.93. The van der Waals surface area contributed by atoms with Crippen LogP contribution in [0.5, 0.6) is 0 Å². The van der Waals surface area contributed by atoms with Crippen LogP contribution in [0.4, 0.5) is 0 Å². The van der Waals surface area contributed by atoms with E-state index in [9.17, 15) is 19.5 Å². The number of hydrogen-bond donors (Lipinski definition) is 1. The Bertz CT molecular complexity index is 396. The lowest BCUT2D eigenvalue weighted by atomic mass is 10.0. The summed E-state index contributed by atoms with van der Waals surface area (Å²) in [6.07, 6.45) is 0.865. The fourth-order valence-electron chi connectivity index (χ4n) is 2.97. The molecule has 6 heteroatoms. The molecule has 2 aliphatic rings. The summed E-state index contributed by atoms with van der Waals surface area (Å²) < 4.78 is 0. The first-order valence-electron chi connectivity index (χ1n) is 6.30. The van der Waals surface area contributed by atoms with Gasteiger partial charge in [0.15, 0.2) is 0 Å². The number of carbonyl (C=O) groups excluding carboxylic acids is 2. The van der Waals surface area contributed by atoms with Gasteiger partial charge in [0, 0.05) is 13.1 Å². The summed E-state index contributed by atoms with van der Waals surface area (Å²) >= 11 is 0. The van der Waals surface area contributed by atoms with Crippen LogP contribution in [-0.4, -0.2) is 57.9 Å². The van der Waals surface area contributed by atoms with Crippen LogP contribution in [0.25, 0.3) is 0 Å². The molecule has 3 unspecified atom stereocenters. The highest BCUT2D eigenvalue weighted by atomic mass is 16.4. The number of rotatable bonds is 3. The molecule has 18 heavy (non-hydrogen) atoms. The third kappa shape index (κ3) is 1.90. The largest absolute Gasteiger partial charge is 0.480 e. The van der Waals surface area contributed by atoms with Crippen molar-refractivity contribution in [3.63, 3.8) is 0 Å². The lowest BCUT2D eigenvalue weighted by Gasteiger charge is -2.27. The van der Waals surface area contributed by atoms with E-state index >= 15 is 0 Å². The second-order valence-corrected chi connectivity index (χ2v) is 4.98. The molecule has 0 radical (unpaired) electrons. The van der Waals surface area contributed by atoms with E-state index in [-0.39, 0.29) is 24.2 Å². The zero-order chi connectivity index (χ0) is 13.4. The SMILES string of the molecule is CCN1C(=O)CC(N2CCC(C)C2C(=O)O)C1=O. The molecule has 2 saturated heterocycles. The van der Waals surface area contributed by atoms with Gasteiger partial charge in [0.2, 0.25) is 11.8 Å². The molecule has 0 aromatic heterocycles. The van der Waals surface area contributed by atoms with E-state index < -0.39 is 18.1 Å². The van der Waals surface area contributed by atoms with Crippen LogP contribution in [0.1, 0.15) is 26.7 Å². The lowest BCUT2D eigenvalue weighted by Crippen LogP contribution is -2.48. The van der Waals surface area contributed by atoms with Crippen LogP contribution in [0.2, 0.25) is 0 Å². The number of hydrogen-bond acceptors (Lipinski definition) is 4. The Morgan fingerprint density at radius 2 is 2.11 bits per heavy atom. The van der Waals surface area contributed by atoms with E-state index in [1.165, 1.54) is 4.90 Å². The molecule has 6 nitrogen and oxygen atoms in total. The van der Waals surface area contributed by atoms with E-state index in [4.69, 9.17) is 0 Å². The molecule has 0 spiro atoms. The number of imide groups is 1. The summed E-state index contributed by atoms with van der Waals surface area (Å²) in [4.78, 5) is 37.9. The predicted octanol–water partition coefficient (Wildman–Crippen LogP) is -0.0712. The van der Waals surface area contributed by atoms with Crippen LogP contribution in [-0.2, 0) is 14.4 Å². The van der Waals surface area contributed by atoms with Gasteiger partial charge < -0.3 is 5.11 Å². The molecule has 100 valence electrons. The average molecular weight is 254 g/mol. The maximum absolute atomic E-state index is 12.1. The average Bonchev–Trinajstić information content (AvgIpc) is 2.80. The summed E-state index contributed by atoms with van der Waals surface area (Å²) in [6.45, 7) is 4.55. The molecular formula is C12H18N2O4. The topological polar surface area (TPSA) is 77.9 Å². The quantitative estimate of drug-likeness (QED) is 0.713. The van der Waals surface area contributed by atoms with Crippen LogP contribution >= 0.6 is 0 Å². The van der Waals surface area contributed by atoms with E-state index in [0.29, 0.717) is 13.1 Å². The summed E-state index contributed by atoms with van der Waals surface area (Å²) in [5.74, 6) is -1.34. The van der Waals surface area contributed by atoms with Gasteiger partial charge in [-0.1, -0.05) is 6.92 Å². The Hall–Kier alpha value is -1.43. The zero-order valence-corrected chi connectivity index (χ0v) is 10.6. The molecule has 0 aliphatic carbocycles. The molecule has 3 atom stereocenters. The molecule has 0 aromatic rings. The van der Waals surface area contributed by atoms with E-state index in [0.717, 1.165) is 6.42 Å². The molecule has 2 heterocycles. The Balaban J connectivity index is 2.20.